The van der Waals surface area contributed by atoms with Gasteiger partial charge in [0.05, 0.1) is 35.8 Å². The van der Waals surface area contributed by atoms with Crippen LogP contribution in [0.1, 0.15) is 12.0 Å². The molecule has 0 spiro atoms. The molecule has 3 amide bonds. The minimum absolute atomic E-state index is 0.105. The second-order valence-corrected chi connectivity index (χ2v) is 8.77. The van der Waals surface area contributed by atoms with E-state index in [2.05, 4.69) is 26.6 Å². The fourth-order valence-corrected chi connectivity index (χ4v) is 4.47. The van der Waals surface area contributed by atoms with Crippen LogP contribution in [0.2, 0.25) is 10.0 Å². The number of halogens is 2. The molecule has 2 aliphatic heterocycles. The zero-order chi connectivity index (χ0) is 23.7. The van der Waals surface area contributed by atoms with Gasteiger partial charge in [-0.2, -0.15) is 0 Å². The lowest BCUT2D eigenvalue weighted by molar-refractivity contribution is -0.144. The third-order valence-corrected chi connectivity index (χ3v) is 6.27. The number of ether oxygens (including phenoxy) is 1. The zero-order valence-corrected chi connectivity index (χ0v) is 19.4. The molecule has 9 nitrogen and oxygen atoms in total. The van der Waals surface area contributed by atoms with Crippen LogP contribution >= 0.6 is 23.2 Å². The maximum absolute atomic E-state index is 13.1. The average Bonchev–Trinajstić information content (AvgIpc) is 2.76. The number of methoxy groups -OCH3 is 1. The van der Waals surface area contributed by atoms with Gasteiger partial charge in [-0.25, -0.2) is 0 Å². The number of hydrogen-bond acceptors (Lipinski definition) is 6. The van der Waals surface area contributed by atoms with Gasteiger partial charge in [0.1, 0.15) is 5.75 Å². The van der Waals surface area contributed by atoms with Gasteiger partial charge >= 0.3 is 0 Å². The summed E-state index contributed by atoms with van der Waals surface area (Å²) in [5, 5.41) is 15.4. The summed E-state index contributed by atoms with van der Waals surface area (Å²) < 4.78 is 5.22. The van der Waals surface area contributed by atoms with Gasteiger partial charge in [0.15, 0.2) is 6.29 Å². The van der Waals surface area contributed by atoms with Crippen LogP contribution < -0.4 is 31.3 Å². The SMILES string of the molecule is COc1ccc(C)c(NC(=O)C2CC(=O)NC3NC(Nc4ccc(Cl)cc4Cl)NC(=O)C32)c1. The maximum Gasteiger partial charge on any atom is 0.229 e. The van der Waals surface area contributed by atoms with Crippen LogP contribution in [0.15, 0.2) is 36.4 Å². The van der Waals surface area contributed by atoms with Crippen LogP contribution in [0, 0.1) is 18.8 Å². The van der Waals surface area contributed by atoms with Gasteiger partial charge in [0, 0.05) is 23.2 Å². The van der Waals surface area contributed by atoms with Gasteiger partial charge in [0.25, 0.3) is 0 Å². The van der Waals surface area contributed by atoms with E-state index < -0.39 is 30.2 Å². The Balaban J connectivity index is 1.50. The number of aryl methyl sites for hydroxylation is 1. The van der Waals surface area contributed by atoms with Crippen LogP contribution in [-0.4, -0.2) is 37.3 Å². The Morgan fingerprint density at radius 1 is 1.09 bits per heavy atom. The molecule has 4 rings (SSSR count). The van der Waals surface area contributed by atoms with Crippen molar-refractivity contribution in [3.05, 3.63) is 52.0 Å². The minimum Gasteiger partial charge on any atom is -0.497 e. The van der Waals surface area contributed by atoms with Gasteiger partial charge < -0.3 is 26.0 Å². The number of anilines is 2. The molecule has 5 N–H and O–H groups in total. The highest BCUT2D eigenvalue weighted by Gasteiger charge is 2.48. The van der Waals surface area contributed by atoms with Crippen LogP contribution in [0.3, 0.4) is 0 Å². The third-order valence-electron chi connectivity index (χ3n) is 5.72. The van der Waals surface area contributed by atoms with Gasteiger partial charge in [-0.05, 0) is 36.8 Å². The molecule has 2 aliphatic rings. The third kappa shape index (κ3) is 5.00. The van der Waals surface area contributed by atoms with E-state index in [9.17, 15) is 14.4 Å². The van der Waals surface area contributed by atoms with Crippen molar-refractivity contribution in [2.24, 2.45) is 11.8 Å². The van der Waals surface area contributed by atoms with Crippen molar-refractivity contribution in [1.82, 2.24) is 16.0 Å². The van der Waals surface area contributed by atoms with E-state index in [0.29, 0.717) is 27.2 Å². The van der Waals surface area contributed by atoms with E-state index in [1.807, 2.05) is 13.0 Å². The summed E-state index contributed by atoms with van der Waals surface area (Å²) in [5.74, 6) is -2.19. The minimum atomic E-state index is -0.859. The quantitative estimate of drug-likeness (QED) is 0.438. The summed E-state index contributed by atoms with van der Waals surface area (Å²) in [6.07, 6.45) is -1.57. The Morgan fingerprint density at radius 3 is 2.61 bits per heavy atom. The fraction of sp³-hybridized carbons (Fsp3) is 0.318. The van der Waals surface area contributed by atoms with Crippen molar-refractivity contribution < 1.29 is 19.1 Å². The largest absolute Gasteiger partial charge is 0.497 e. The molecular formula is C22H23Cl2N5O4. The highest BCUT2D eigenvalue weighted by atomic mass is 35.5. The smallest absolute Gasteiger partial charge is 0.229 e. The lowest BCUT2D eigenvalue weighted by atomic mass is 9.81. The van der Waals surface area contributed by atoms with Crippen LogP contribution in [-0.2, 0) is 14.4 Å². The van der Waals surface area contributed by atoms with E-state index in [0.717, 1.165) is 5.56 Å². The average molecular weight is 492 g/mol. The molecule has 33 heavy (non-hydrogen) atoms. The van der Waals surface area contributed by atoms with Crippen molar-refractivity contribution in [2.45, 2.75) is 25.8 Å². The first kappa shape index (κ1) is 23.2. The van der Waals surface area contributed by atoms with Crippen molar-refractivity contribution >= 4 is 52.3 Å². The van der Waals surface area contributed by atoms with Crippen molar-refractivity contribution in [1.29, 1.82) is 0 Å². The van der Waals surface area contributed by atoms with E-state index in [1.165, 1.54) is 7.11 Å². The van der Waals surface area contributed by atoms with Crippen LogP contribution in [0.5, 0.6) is 5.75 Å². The predicted molar refractivity (Wildman–Crippen MR) is 125 cm³/mol. The maximum atomic E-state index is 13.1. The lowest BCUT2D eigenvalue weighted by Crippen LogP contribution is -2.72. The summed E-state index contributed by atoms with van der Waals surface area (Å²) in [7, 11) is 1.53. The highest BCUT2D eigenvalue weighted by molar-refractivity contribution is 6.36. The second-order valence-electron chi connectivity index (χ2n) is 7.93. The highest BCUT2D eigenvalue weighted by Crippen LogP contribution is 2.30. The number of carbonyl (C=O) groups excluding carboxylic acids is 3. The van der Waals surface area contributed by atoms with E-state index >= 15 is 0 Å². The van der Waals surface area contributed by atoms with Crippen LogP contribution in [0.4, 0.5) is 11.4 Å². The molecule has 2 saturated heterocycles. The monoisotopic (exact) mass is 491 g/mol. The fourth-order valence-electron chi connectivity index (χ4n) is 4.00. The van der Waals surface area contributed by atoms with E-state index in [4.69, 9.17) is 27.9 Å². The van der Waals surface area contributed by atoms with Gasteiger partial charge in [-0.1, -0.05) is 29.3 Å². The van der Waals surface area contributed by atoms with Crippen molar-refractivity contribution in [3.8, 4) is 5.75 Å². The number of hydrogen-bond donors (Lipinski definition) is 5. The molecule has 0 aromatic heterocycles. The summed E-state index contributed by atoms with van der Waals surface area (Å²) in [6, 6.07) is 10.2. The normalized spacial score (nSPS) is 24.2. The lowest BCUT2D eigenvalue weighted by Gasteiger charge is -2.43. The first-order chi connectivity index (χ1) is 15.7. The molecule has 174 valence electrons. The van der Waals surface area contributed by atoms with Gasteiger partial charge in [0.2, 0.25) is 17.7 Å². The molecule has 4 atom stereocenters. The molecular weight excluding hydrogens is 469 g/mol. The number of nitrogens with one attached hydrogen (secondary N) is 5. The summed E-state index contributed by atoms with van der Waals surface area (Å²) in [5.41, 5.74) is 1.93. The van der Waals surface area contributed by atoms with Gasteiger partial charge in [-0.15, -0.1) is 0 Å². The molecule has 2 heterocycles. The summed E-state index contributed by atoms with van der Waals surface area (Å²) in [6.45, 7) is 1.85. The first-order valence-corrected chi connectivity index (χ1v) is 11.0. The number of rotatable bonds is 5. The molecule has 0 bridgehead atoms. The van der Waals surface area contributed by atoms with E-state index in [1.54, 1.807) is 30.3 Å². The standard InChI is InChI=1S/C22H23Cl2N5O4/c1-10-3-5-12(33-2)8-16(10)25-20(31)13-9-17(30)27-19-18(13)21(32)29-22(28-19)26-15-6-4-11(23)7-14(15)24/h3-8,13,18-19,22,26,28H,9H2,1-2H3,(H,25,31)(H,27,30)(H,29,32). The topological polar surface area (TPSA) is 121 Å². The zero-order valence-electron chi connectivity index (χ0n) is 17.9. The van der Waals surface area contributed by atoms with Crippen molar-refractivity contribution in [2.75, 3.05) is 17.7 Å². The second kappa shape index (κ2) is 9.46. The molecule has 11 heteroatoms. The predicted octanol–water partition coefficient (Wildman–Crippen LogP) is 2.44. The molecule has 2 fully saturated rings. The molecule has 0 saturated carbocycles. The van der Waals surface area contributed by atoms with Gasteiger partial charge in [-0.3, -0.25) is 19.7 Å². The Labute approximate surface area is 200 Å². The number of amides is 3. The summed E-state index contributed by atoms with van der Waals surface area (Å²) >= 11 is 12.1. The molecule has 0 radical (unpaired) electrons. The molecule has 2 aromatic rings. The molecule has 0 aliphatic carbocycles. The Morgan fingerprint density at radius 2 is 1.88 bits per heavy atom. The first-order valence-electron chi connectivity index (χ1n) is 10.3. The number of piperidine rings is 1. The Hall–Kier alpha value is -3.01. The molecule has 4 unspecified atom stereocenters. The number of fused-ring (bicyclic) bond motifs is 1. The molecule has 2 aromatic carbocycles. The van der Waals surface area contributed by atoms with E-state index in [-0.39, 0.29) is 18.2 Å². The van der Waals surface area contributed by atoms with Crippen LogP contribution in [0.25, 0.3) is 0 Å². The number of benzene rings is 2. The van der Waals surface area contributed by atoms with Crippen molar-refractivity contribution in [3.63, 3.8) is 0 Å². The summed E-state index contributed by atoms with van der Waals surface area (Å²) in [4.78, 5) is 38.5. The Bertz CT molecular complexity index is 1110. The number of carbonyl (C=O) groups is 3. The Kier molecular flexibility index (Phi) is 6.64.